The van der Waals surface area contributed by atoms with Crippen molar-refractivity contribution in [1.82, 2.24) is 5.43 Å². The van der Waals surface area contributed by atoms with Crippen LogP contribution < -0.4 is 5.43 Å². The van der Waals surface area contributed by atoms with Gasteiger partial charge < -0.3 is 10.2 Å². The van der Waals surface area contributed by atoms with Crippen molar-refractivity contribution in [3.8, 4) is 11.5 Å². The van der Waals surface area contributed by atoms with E-state index in [2.05, 4.69) is 10.5 Å². The lowest BCUT2D eigenvalue weighted by Gasteiger charge is -2.05. The molecular weight excluding hydrogens is 304 g/mol. The average molecular weight is 319 g/mol. The predicted octanol–water partition coefficient (Wildman–Crippen LogP) is 3.13. The van der Waals surface area contributed by atoms with E-state index in [1.807, 2.05) is 13.8 Å². The molecule has 1 amide bonds. The number of aryl methyl sites for hydroxylation is 2. The largest absolute Gasteiger partial charge is 0.507 e. The summed E-state index contributed by atoms with van der Waals surface area (Å²) in [5.41, 5.74) is 4.50. The maximum absolute atomic E-state index is 11.9. The molecule has 0 aliphatic heterocycles. The molecule has 0 radical (unpaired) electrons. The fourth-order valence-corrected chi connectivity index (χ4v) is 2.20. The van der Waals surface area contributed by atoms with E-state index in [0.717, 1.165) is 11.1 Å². The van der Waals surface area contributed by atoms with Crippen molar-refractivity contribution < 1.29 is 15.0 Å². The van der Waals surface area contributed by atoms with Gasteiger partial charge in [-0.2, -0.15) is 5.10 Å². The van der Waals surface area contributed by atoms with Crippen LogP contribution in [0.3, 0.4) is 0 Å². The number of carbonyl (C=O) groups excluding carboxylic acids is 1. The topological polar surface area (TPSA) is 81.9 Å². The van der Waals surface area contributed by atoms with E-state index in [9.17, 15) is 15.0 Å². The van der Waals surface area contributed by atoms with Crippen molar-refractivity contribution in [3.63, 3.8) is 0 Å². The van der Waals surface area contributed by atoms with E-state index < -0.39 is 5.91 Å². The summed E-state index contributed by atoms with van der Waals surface area (Å²) in [5, 5.41) is 23.5. The molecule has 5 nitrogen and oxygen atoms in total. The Bertz CT molecular complexity index is 757. The second-order valence-electron chi connectivity index (χ2n) is 4.90. The smallest absolute Gasteiger partial charge is 0.275 e. The molecule has 0 saturated heterocycles. The summed E-state index contributed by atoms with van der Waals surface area (Å²) in [7, 11) is 0. The first kappa shape index (κ1) is 15.9. The highest BCUT2D eigenvalue weighted by molar-refractivity contribution is 6.32. The van der Waals surface area contributed by atoms with Gasteiger partial charge in [0.2, 0.25) is 0 Å². The molecule has 114 valence electrons. The SMILES string of the molecule is Cc1ccc(C(=O)N/N=C/c2cc(C)cc(Cl)c2O)c(O)c1. The van der Waals surface area contributed by atoms with Crippen molar-refractivity contribution in [2.24, 2.45) is 5.10 Å². The molecule has 22 heavy (non-hydrogen) atoms. The number of nitrogens with one attached hydrogen (secondary N) is 1. The summed E-state index contributed by atoms with van der Waals surface area (Å²) in [4.78, 5) is 11.9. The van der Waals surface area contributed by atoms with Crippen molar-refractivity contribution in [1.29, 1.82) is 0 Å². The van der Waals surface area contributed by atoms with Crippen LogP contribution in [0.5, 0.6) is 11.5 Å². The molecule has 0 aliphatic rings. The lowest BCUT2D eigenvalue weighted by molar-refractivity contribution is 0.0952. The lowest BCUT2D eigenvalue weighted by Crippen LogP contribution is -2.17. The number of amides is 1. The van der Waals surface area contributed by atoms with E-state index in [1.165, 1.54) is 18.3 Å². The van der Waals surface area contributed by atoms with Crippen LogP contribution >= 0.6 is 11.6 Å². The Kier molecular flexibility index (Phi) is 4.68. The Balaban J connectivity index is 2.14. The number of halogens is 1. The van der Waals surface area contributed by atoms with Crippen LogP contribution in [0.4, 0.5) is 0 Å². The standard InChI is InChI=1S/C16H15ClN2O3/c1-9-3-4-12(14(20)7-9)16(22)19-18-8-11-5-10(2)6-13(17)15(11)21/h3-8,20-21H,1-2H3,(H,19,22)/b18-8+. The molecule has 0 aliphatic carbocycles. The van der Waals surface area contributed by atoms with E-state index in [-0.39, 0.29) is 22.1 Å². The van der Waals surface area contributed by atoms with Gasteiger partial charge in [-0.25, -0.2) is 5.43 Å². The average Bonchev–Trinajstić information content (AvgIpc) is 2.43. The van der Waals surface area contributed by atoms with Crippen molar-refractivity contribution in [3.05, 3.63) is 57.6 Å². The first-order chi connectivity index (χ1) is 10.4. The number of nitrogens with zero attached hydrogens (tertiary/aromatic N) is 1. The van der Waals surface area contributed by atoms with Gasteiger partial charge in [0.25, 0.3) is 5.91 Å². The van der Waals surface area contributed by atoms with Crippen molar-refractivity contribution in [2.45, 2.75) is 13.8 Å². The molecule has 2 aromatic carbocycles. The summed E-state index contributed by atoms with van der Waals surface area (Å²) < 4.78 is 0. The maximum Gasteiger partial charge on any atom is 0.275 e. The number of carbonyl (C=O) groups is 1. The maximum atomic E-state index is 11.9. The Hall–Kier alpha value is -2.53. The van der Waals surface area contributed by atoms with E-state index in [0.29, 0.717) is 5.56 Å². The highest BCUT2D eigenvalue weighted by Gasteiger charge is 2.10. The monoisotopic (exact) mass is 318 g/mol. The van der Waals surface area contributed by atoms with Gasteiger partial charge >= 0.3 is 0 Å². The molecule has 0 aromatic heterocycles. The van der Waals surface area contributed by atoms with Gasteiger partial charge in [-0.3, -0.25) is 4.79 Å². The minimum absolute atomic E-state index is 0.108. The van der Waals surface area contributed by atoms with Gasteiger partial charge in [0.15, 0.2) is 0 Å². The fraction of sp³-hybridized carbons (Fsp3) is 0.125. The first-order valence-corrected chi connectivity index (χ1v) is 6.88. The Morgan fingerprint density at radius 3 is 2.59 bits per heavy atom. The first-order valence-electron chi connectivity index (χ1n) is 6.50. The van der Waals surface area contributed by atoms with Gasteiger partial charge in [0.1, 0.15) is 11.5 Å². The molecule has 2 aromatic rings. The number of hydrogen-bond donors (Lipinski definition) is 3. The van der Waals surface area contributed by atoms with Gasteiger partial charge in [0, 0.05) is 5.56 Å². The quantitative estimate of drug-likeness (QED) is 0.600. The van der Waals surface area contributed by atoms with Crippen molar-refractivity contribution in [2.75, 3.05) is 0 Å². The molecule has 2 rings (SSSR count). The molecular formula is C16H15ClN2O3. The fourth-order valence-electron chi connectivity index (χ4n) is 1.91. The summed E-state index contributed by atoms with van der Waals surface area (Å²) in [6.07, 6.45) is 1.29. The second kappa shape index (κ2) is 6.49. The zero-order valence-electron chi connectivity index (χ0n) is 12.1. The Morgan fingerprint density at radius 1 is 1.18 bits per heavy atom. The molecule has 0 fully saturated rings. The molecule has 0 unspecified atom stereocenters. The summed E-state index contributed by atoms with van der Waals surface area (Å²) >= 11 is 5.86. The number of aromatic hydroxyl groups is 2. The summed E-state index contributed by atoms with van der Waals surface area (Å²) in [5.74, 6) is -0.774. The van der Waals surface area contributed by atoms with E-state index >= 15 is 0 Å². The van der Waals surface area contributed by atoms with Gasteiger partial charge in [0.05, 0.1) is 16.8 Å². The third-order valence-electron chi connectivity index (χ3n) is 3.00. The summed E-state index contributed by atoms with van der Waals surface area (Å²) in [6, 6.07) is 8.02. The van der Waals surface area contributed by atoms with Crippen LogP contribution in [0, 0.1) is 13.8 Å². The molecule has 6 heteroatoms. The summed E-state index contributed by atoms with van der Waals surface area (Å²) in [6.45, 7) is 3.63. The van der Waals surface area contributed by atoms with Crippen LogP contribution in [-0.4, -0.2) is 22.3 Å². The Labute approximate surface area is 132 Å². The molecule has 0 atom stereocenters. The number of rotatable bonds is 3. The van der Waals surface area contributed by atoms with Crippen LogP contribution in [-0.2, 0) is 0 Å². The number of benzene rings is 2. The third-order valence-corrected chi connectivity index (χ3v) is 3.29. The molecule has 0 spiro atoms. The second-order valence-corrected chi connectivity index (χ2v) is 5.31. The zero-order chi connectivity index (χ0) is 16.3. The number of phenolic OH excluding ortho intramolecular Hbond substituents is 2. The van der Waals surface area contributed by atoms with Gasteiger partial charge in [-0.15, -0.1) is 0 Å². The van der Waals surface area contributed by atoms with E-state index in [4.69, 9.17) is 11.6 Å². The van der Waals surface area contributed by atoms with Crippen LogP contribution in [0.25, 0.3) is 0 Å². The molecule has 0 heterocycles. The van der Waals surface area contributed by atoms with Crippen LogP contribution in [0.1, 0.15) is 27.0 Å². The van der Waals surface area contributed by atoms with Gasteiger partial charge in [-0.1, -0.05) is 17.7 Å². The van der Waals surface area contributed by atoms with Crippen LogP contribution in [0.15, 0.2) is 35.4 Å². The number of hydrogen-bond acceptors (Lipinski definition) is 4. The third kappa shape index (κ3) is 3.56. The molecule has 0 bridgehead atoms. The number of hydrazone groups is 1. The number of phenols is 2. The zero-order valence-corrected chi connectivity index (χ0v) is 12.8. The highest BCUT2D eigenvalue weighted by Crippen LogP contribution is 2.27. The molecule has 0 saturated carbocycles. The van der Waals surface area contributed by atoms with Crippen LogP contribution in [0.2, 0.25) is 5.02 Å². The van der Waals surface area contributed by atoms with Gasteiger partial charge in [-0.05, 0) is 49.2 Å². The minimum atomic E-state index is -0.549. The minimum Gasteiger partial charge on any atom is -0.507 e. The molecule has 3 N–H and O–H groups in total. The highest BCUT2D eigenvalue weighted by atomic mass is 35.5. The van der Waals surface area contributed by atoms with Crippen molar-refractivity contribution >= 4 is 23.7 Å². The van der Waals surface area contributed by atoms with E-state index in [1.54, 1.807) is 18.2 Å². The lowest BCUT2D eigenvalue weighted by atomic mass is 10.1. The normalized spacial score (nSPS) is 10.9. The Morgan fingerprint density at radius 2 is 1.91 bits per heavy atom. The predicted molar refractivity (Wildman–Crippen MR) is 85.8 cm³/mol.